The largest absolute Gasteiger partial charge is 0.346 e. The summed E-state index contributed by atoms with van der Waals surface area (Å²) in [5.41, 5.74) is 1.33. The van der Waals surface area contributed by atoms with Gasteiger partial charge in [0.15, 0.2) is 0 Å². The zero-order chi connectivity index (χ0) is 9.97. The van der Waals surface area contributed by atoms with Crippen molar-refractivity contribution in [3.63, 3.8) is 0 Å². The van der Waals surface area contributed by atoms with Crippen LogP contribution in [0, 0.1) is 6.92 Å². The molecule has 1 aromatic heterocycles. The standard InChI is InChI=1S/C11H19N3/c1-3-14-6-4-10(5-7-14)11-8-12-9(2)13-11/h8,10H,3-7H2,1-2H3,(H,12,13). The Kier molecular flexibility index (Phi) is 2.87. The average molecular weight is 193 g/mol. The van der Waals surface area contributed by atoms with Crippen molar-refractivity contribution in [1.82, 2.24) is 14.9 Å². The van der Waals surface area contributed by atoms with Crippen LogP contribution in [0.3, 0.4) is 0 Å². The van der Waals surface area contributed by atoms with E-state index in [0.29, 0.717) is 5.92 Å². The van der Waals surface area contributed by atoms with E-state index in [4.69, 9.17) is 0 Å². The molecule has 0 spiro atoms. The maximum atomic E-state index is 4.26. The summed E-state index contributed by atoms with van der Waals surface area (Å²) < 4.78 is 0. The van der Waals surface area contributed by atoms with Crippen LogP contribution in [0.1, 0.15) is 37.2 Å². The number of aromatic nitrogens is 2. The van der Waals surface area contributed by atoms with E-state index in [1.54, 1.807) is 0 Å². The minimum Gasteiger partial charge on any atom is -0.346 e. The molecule has 1 N–H and O–H groups in total. The second kappa shape index (κ2) is 4.13. The predicted molar refractivity (Wildman–Crippen MR) is 57.4 cm³/mol. The summed E-state index contributed by atoms with van der Waals surface area (Å²) in [5.74, 6) is 1.75. The first kappa shape index (κ1) is 9.71. The van der Waals surface area contributed by atoms with Gasteiger partial charge in [-0.2, -0.15) is 0 Å². The lowest BCUT2D eigenvalue weighted by atomic mass is 9.94. The molecule has 78 valence electrons. The third-order valence-electron chi connectivity index (χ3n) is 3.20. The van der Waals surface area contributed by atoms with Crippen LogP contribution in [-0.2, 0) is 0 Å². The second-order valence-electron chi connectivity index (χ2n) is 4.13. The summed E-state index contributed by atoms with van der Waals surface area (Å²) >= 11 is 0. The molecular weight excluding hydrogens is 174 g/mol. The molecule has 0 unspecified atom stereocenters. The average Bonchev–Trinajstić information content (AvgIpc) is 2.65. The molecule has 0 bridgehead atoms. The summed E-state index contributed by atoms with van der Waals surface area (Å²) in [6.45, 7) is 7.92. The van der Waals surface area contributed by atoms with E-state index in [2.05, 4.69) is 21.8 Å². The third-order valence-corrected chi connectivity index (χ3v) is 3.20. The monoisotopic (exact) mass is 193 g/mol. The number of hydrogen-bond acceptors (Lipinski definition) is 2. The molecule has 3 nitrogen and oxygen atoms in total. The van der Waals surface area contributed by atoms with Crippen molar-refractivity contribution in [2.45, 2.75) is 32.6 Å². The van der Waals surface area contributed by atoms with Crippen LogP contribution in [0.25, 0.3) is 0 Å². The van der Waals surface area contributed by atoms with Gasteiger partial charge in [0.25, 0.3) is 0 Å². The number of nitrogens with one attached hydrogen (secondary N) is 1. The molecule has 0 saturated carbocycles. The quantitative estimate of drug-likeness (QED) is 0.778. The number of piperidine rings is 1. The number of hydrogen-bond donors (Lipinski definition) is 1. The van der Waals surface area contributed by atoms with E-state index in [-0.39, 0.29) is 0 Å². The highest BCUT2D eigenvalue weighted by Crippen LogP contribution is 2.26. The third kappa shape index (κ3) is 1.98. The van der Waals surface area contributed by atoms with Crippen LogP contribution < -0.4 is 0 Å². The van der Waals surface area contributed by atoms with Crippen molar-refractivity contribution < 1.29 is 0 Å². The maximum Gasteiger partial charge on any atom is 0.103 e. The van der Waals surface area contributed by atoms with Gasteiger partial charge in [-0.25, -0.2) is 4.98 Å². The van der Waals surface area contributed by atoms with Crippen molar-refractivity contribution in [3.05, 3.63) is 17.7 Å². The minimum absolute atomic E-state index is 0.707. The van der Waals surface area contributed by atoms with Gasteiger partial charge in [0, 0.05) is 17.8 Å². The van der Waals surface area contributed by atoms with E-state index < -0.39 is 0 Å². The lowest BCUT2D eigenvalue weighted by Gasteiger charge is -2.30. The van der Waals surface area contributed by atoms with Gasteiger partial charge >= 0.3 is 0 Å². The van der Waals surface area contributed by atoms with Crippen LogP contribution >= 0.6 is 0 Å². The molecule has 0 amide bonds. The van der Waals surface area contributed by atoms with Gasteiger partial charge in [0.05, 0.1) is 0 Å². The Labute approximate surface area is 85.5 Å². The zero-order valence-corrected chi connectivity index (χ0v) is 9.08. The van der Waals surface area contributed by atoms with Crippen LogP contribution in [0.4, 0.5) is 0 Å². The number of H-pyrrole nitrogens is 1. The highest BCUT2D eigenvalue weighted by molar-refractivity contribution is 5.08. The Bertz CT molecular complexity index is 284. The number of imidazole rings is 1. The van der Waals surface area contributed by atoms with Crippen LogP contribution in [0.5, 0.6) is 0 Å². The molecular formula is C11H19N3. The first-order chi connectivity index (χ1) is 6.79. The molecule has 0 radical (unpaired) electrons. The van der Waals surface area contributed by atoms with Crippen molar-refractivity contribution in [2.24, 2.45) is 0 Å². The van der Waals surface area contributed by atoms with Crippen molar-refractivity contribution in [3.8, 4) is 0 Å². The molecule has 1 aliphatic rings. The first-order valence-corrected chi connectivity index (χ1v) is 5.53. The molecule has 0 atom stereocenters. The van der Waals surface area contributed by atoms with Crippen molar-refractivity contribution in [2.75, 3.05) is 19.6 Å². The molecule has 3 heteroatoms. The lowest BCUT2D eigenvalue weighted by Crippen LogP contribution is -2.32. The van der Waals surface area contributed by atoms with Crippen molar-refractivity contribution in [1.29, 1.82) is 0 Å². The summed E-state index contributed by atoms with van der Waals surface area (Å²) in [6, 6.07) is 0. The predicted octanol–water partition coefficient (Wildman–Crippen LogP) is 1.92. The maximum absolute atomic E-state index is 4.26. The lowest BCUT2D eigenvalue weighted by molar-refractivity contribution is 0.221. The van der Waals surface area contributed by atoms with Gasteiger partial charge in [-0.1, -0.05) is 6.92 Å². The number of aryl methyl sites for hydroxylation is 1. The summed E-state index contributed by atoms with van der Waals surface area (Å²) in [4.78, 5) is 10.1. The van der Waals surface area contributed by atoms with Gasteiger partial charge < -0.3 is 9.88 Å². The Morgan fingerprint density at radius 1 is 1.50 bits per heavy atom. The van der Waals surface area contributed by atoms with E-state index in [0.717, 1.165) is 5.82 Å². The Hall–Kier alpha value is -0.830. The Morgan fingerprint density at radius 2 is 2.21 bits per heavy atom. The van der Waals surface area contributed by atoms with E-state index in [1.165, 1.54) is 38.2 Å². The van der Waals surface area contributed by atoms with Gasteiger partial charge in [-0.3, -0.25) is 0 Å². The zero-order valence-electron chi connectivity index (χ0n) is 9.08. The number of rotatable bonds is 2. The SMILES string of the molecule is CCN1CCC(c2cnc(C)[nH]2)CC1. The summed E-state index contributed by atoms with van der Waals surface area (Å²) in [7, 11) is 0. The van der Waals surface area contributed by atoms with Crippen LogP contribution in [0.2, 0.25) is 0 Å². The number of likely N-dealkylation sites (tertiary alicyclic amines) is 1. The fourth-order valence-electron chi connectivity index (χ4n) is 2.21. The van der Waals surface area contributed by atoms with E-state index in [9.17, 15) is 0 Å². The van der Waals surface area contributed by atoms with Crippen molar-refractivity contribution >= 4 is 0 Å². The Morgan fingerprint density at radius 3 is 2.71 bits per heavy atom. The fraction of sp³-hybridized carbons (Fsp3) is 0.727. The smallest absolute Gasteiger partial charge is 0.103 e. The van der Waals surface area contributed by atoms with Gasteiger partial charge in [0.2, 0.25) is 0 Å². The van der Waals surface area contributed by atoms with Crippen LogP contribution in [-0.4, -0.2) is 34.5 Å². The molecule has 2 rings (SSSR count). The molecule has 14 heavy (non-hydrogen) atoms. The highest BCUT2D eigenvalue weighted by atomic mass is 15.1. The highest BCUT2D eigenvalue weighted by Gasteiger charge is 2.20. The second-order valence-corrected chi connectivity index (χ2v) is 4.13. The molecule has 1 fully saturated rings. The fourth-order valence-corrected chi connectivity index (χ4v) is 2.21. The number of nitrogens with zero attached hydrogens (tertiary/aromatic N) is 2. The molecule has 1 aromatic rings. The van der Waals surface area contributed by atoms with Gasteiger partial charge in [-0.05, 0) is 39.4 Å². The van der Waals surface area contributed by atoms with Gasteiger partial charge in [-0.15, -0.1) is 0 Å². The van der Waals surface area contributed by atoms with Gasteiger partial charge in [0.1, 0.15) is 5.82 Å². The normalized spacial score (nSPS) is 20.1. The first-order valence-electron chi connectivity index (χ1n) is 5.53. The molecule has 1 saturated heterocycles. The number of aromatic amines is 1. The molecule has 2 heterocycles. The minimum atomic E-state index is 0.707. The summed E-state index contributed by atoms with van der Waals surface area (Å²) in [6.07, 6.45) is 4.55. The molecule has 1 aliphatic heterocycles. The van der Waals surface area contributed by atoms with Crippen LogP contribution in [0.15, 0.2) is 6.20 Å². The van der Waals surface area contributed by atoms with E-state index >= 15 is 0 Å². The molecule has 0 aromatic carbocycles. The summed E-state index contributed by atoms with van der Waals surface area (Å²) in [5, 5.41) is 0. The Balaban J connectivity index is 1.95. The molecule has 0 aliphatic carbocycles. The van der Waals surface area contributed by atoms with E-state index in [1.807, 2.05) is 13.1 Å². The topological polar surface area (TPSA) is 31.9 Å².